The van der Waals surface area contributed by atoms with E-state index in [2.05, 4.69) is 10.1 Å². The van der Waals surface area contributed by atoms with E-state index in [0.717, 1.165) is 23.8 Å². The minimum absolute atomic E-state index is 0.104. The molecule has 1 heterocycles. The van der Waals surface area contributed by atoms with E-state index < -0.39 is 11.6 Å². The summed E-state index contributed by atoms with van der Waals surface area (Å²) in [4.78, 5) is 4.39. The largest absolute Gasteiger partial charge is 0.493 e. The van der Waals surface area contributed by atoms with Crippen molar-refractivity contribution >= 4 is 11.6 Å². The van der Waals surface area contributed by atoms with Gasteiger partial charge in [-0.3, -0.25) is 0 Å². The lowest BCUT2D eigenvalue weighted by molar-refractivity contribution is 0.279. The summed E-state index contributed by atoms with van der Waals surface area (Å²) in [6.07, 6.45) is 0. The molecule has 30 heavy (non-hydrogen) atoms. The van der Waals surface area contributed by atoms with Gasteiger partial charge < -0.3 is 14.0 Å². The summed E-state index contributed by atoms with van der Waals surface area (Å²) in [6.45, 7) is -0.151. The summed E-state index contributed by atoms with van der Waals surface area (Å²) < 4.78 is 43.4. The Morgan fingerprint density at radius 1 is 0.933 bits per heavy atom. The normalized spacial score (nSPS) is 10.8. The van der Waals surface area contributed by atoms with E-state index in [0.29, 0.717) is 33.8 Å². The van der Waals surface area contributed by atoms with Gasteiger partial charge in [-0.05, 0) is 60.7 Å². The van der Waals surface area contributed by atoms with E-state index in [1.807, 2.05) is 0 Å². The predicted octanol–water partition coefficient (Wildman–Crippen LogP) is 5.92. The SMILES string of the molecule is COc1cc(-c2noc(-c3ccc(Cl)cc3)n2)ccc1OCc1cc(F)ccc1F. The van der Waals surface area contributed by atoms with Crippen LogP contribution in [0.2, 0.25) is 5.02 Å². The Morgan fingerprint density at radius 2 is 1.70 bits per heavy atom. The fraction of sp³-hybridized carbons (Fsp3) is 0.0909. The van der Waals surface area contributed by atoms with E-state index in [9.17, 15) is 8.78 Å². The molecule has 152 valence electrons. The Kier molecular flexibility index (Phi) is 5.63. The molecular weight excluding hydrogens is 414 g/mol. The number of rotatable bonds is 6. The Morgan fingerprint density at radius 3 is 2.47 bits per heavy atom. The van der Waals surface area contributed by atoms with Gasteiger partial charge >= 0.3 is 0 Å². The number of methoxy groups -OCH3 is 1. The van der Waals surface area contributed by atoms with Crippen molar-refractivity contribution in [3.05, 3.63) is 82.9 Å². The zero-order valence-electron chi connectivity index (χ0n) is 15.7. The first-order valence-electron chi connectivity index (χ1n) is 8.88. The van der Waals surface area contributed by atoms with Crippen molar-refractivity contribution in [2.24, 2.45) is 0 Å². The third-order valence-electron chi connectivity index (χ3n) is 4.33. The molecular formula is C22H15ClF2N2O3. The molecule has 0 fully saturated rings. The summed E-state index contributed by atoms with van der Waals surface area (Å²) in [5, 5.41) is 4.61. The van der Waals surface area contributed by atoms with Crippen LogP contribution in [-0.2, 0) is 6.61 Å². The molecule has 1 aromatic heterocycles. The number of benzene rings is 3. The maximum atomic E-state index is 13.8. The fourth-order valence-electron chi connectivity index (χ4n) is 2.79. The van der Waals surface area contributed by atoms with Crippen molar-refractivity contribution in [2.75, 3.05) is 7.11 Å². The molecule has 0 spiro atoms. The highest BCUT2D eigenvalue weighted by Crippen LogP contribution is 2.33. The van der Waals surface area contributed by atoms with E-state index in [4.69, 9.17) is 25.6 Å². The molecule has 3 aromatic carbocycles. The van der Waals surface area contributed by atoms with Crippen molar-refractivity contribution in [3.8, 4) is 34.3 Å². The molecule has 0 aliphatic carbocycles. The van der Waals surface area contributed by atoms with Crippen molar-refractivity contribution in [2.45, 2.75) is 6.61 Å². The number of hydrogen-bond acceptors (Lipinski definition) is 5. The van der Waals surface area contributed by atoms with Crippen LogP contribution >= 0.6 is 11.6 Å². The van der Waals surface area contributed by atoms with Gasteiger partial charge in [0.1, 0.15) is 18.2 Å². The van der Waals surface area contributed by atoms with Gasteiger partial charge in [-0.15, -0.1) is 0 Å². The first-order valence-corrected chi connectivity index (χ1v) is 9.26. The number of ether oxygens (including phenoxy) is 2. The minimum Gasteiger partial charge on any atom is -0.493 e. The monoisotopic (exact) mass is 428 g/mol. The number of aromatic nitrogens is 2. The van der Waals surface area contributed by atoms with Gasteiger partial charge in [-0.25, -0.2) is 8.78 Å². The van der Waals surface area contributed by atoms with Gasteiger partial charge in [-0.1, -0.05) is 16.8 Å². The Labute approximate surface area is 175 Å². The molecule has 0 N–H and O–H groups in total. The Balaban J connectivity index is 1.55. The van der Waals surface area contributed by atoms with Crippen molar-refractivity contribution in [1.29, 1.82) is 0 Å². The van der Waals surface area contributed by atoms with Crippen LogP contribution in [0.3, 0.4) is 0 Å². The minimum atomic E-state index is -0.548. The van der Waals surface area contributed by atoms with Gasteiger partial charge in [-0.2, -0.15) is 4.98 Å². The zero-order chi connectivity index (χ0) is 21.1. The van der Waals surface area contributed by atoms with E-state index in [-0.39, 0.29) is 12.2 Å². The first-order chi connectivity index (χ1) is 14.5. The van der Waals surface area contributed by atoms with Crippen LogP contribution in [-0.4, -0.2) is 17.3 Å². The van der Waals surface area contributed by atoms with E-state index in [1.54, 1.807) is 42.5 Å². The first kappa shape index (κ1) is 19.8. The Hall–Kier alpha value is -3.45. The second-order valence-electron chi connectivity index (χ2n) is 6.32. The molecule has 0 unspecified atom stereocenters. The van der Waals surface area contributed by atoms with Gasteiger partial charge in [0.2, 0.25) is 5.82 Å². The Bertz CT molecular complexity index is 1180. The number of halogens is 3. The fourth-order valence-corrected chi connectivity index (χ4v) is 2.91. The van der Waals surface area contributed by atoms with Crippen LogP contribution in [0, 0.1) is 11.6 Å². The highest BCUT2D eigenvalue weighted by Gasteiger charge is 2.14. The van der Waals surface area contributed by atoms with Crippen LogP contribution in [0.15, 0.2) is 65.2 Å². The molecule has 0 aliphatic rings. The standard InChI is InChI=1S/C22H15ClF2N2O3/c1-28-20-11-14(21-26-22(30-27-21)13-2-5-16(23)6-3-13)4-9-19(20)29-12-15-10-17(24)7-8-18(15)25/h2-11H,12H2,1H3. The summed E-state index contributed by atoms with van der Waals surface area (Å²) in [7, 11) is 1.48. The lowest BCUT2D eigenvalue weighted by Crippen LogP contribution is -2.01. The van der Waals surface area contributed by atoms with Crippen LogP contribution in [0.5, 0.6) is 11.5 Å². The van der Waals surface area contributed by atoms with Gasteiger partial charge in [0.25, 0.3) is 5.89 Å². The smallest absolute Gasteiger partial charge is 0.258 e. The molecule has 4 rings (SSSR count). The third-order valence-corrected chi connectivity index (χ3v) is 4.58. The molecule has 0 radical (unpaired) electrons. The molecule has 0 atom stereocenters. The highest BCUT2D eigenvalue weighted by atomic mass is 35.5. The molecule has 4 aromatic rings. The quantitative estimate of drug-likeness (QED) is 0.381. The maximum Gasteiger partial charge on any atom is 0.258 e. The maximum absolute atomic E-state index is 13.8. The lowest BCUT2D eigenvalue weighted by atomic mass is 10.2. The molecule has 0 saturated heterocycles. The third kappa shape index (κ3) is 4.26. The molecule has 5 nitrogen and oxygen atoms in total. The summed E-state index contributed by atoms with van der Waals surface area (Å²) in [6, 6.07) is 15.3. The van der Waals surface area contributed by atoms with E-state index in [1.165, 1.54) is 7.11 Å². The second kappa shape index (κ2) is 8.51. The average molecular weight is 429 g/mol. The van der Waals surface area contributed by atoms with Crippen molar-refractivity contribution < 1.29 is 22.8 Å². The van der Waals surface area contributed by atoms with Gasteiger partial charge in [0, 0.05) is 21.7 Å². The lowest BCUT2D eigenvalue weighted by Gasteiger charge is -2.12. The van der Waals surface area contributed by atoms with Crippen LogP contribution in [0.25, 0.3) is 22.8 Å². The number of hydrogen-bond donors (Lipinski definition) is 0. The molecule has 0 saturated carbocycles. The molecule has 0 bridgehead atoms. The van der Waals surface area contributed by atoms with Crippen LogP contribution in [0.4, 0.5) is 8.78 Å². The average Bonchev–Trinajstić information content (AvgIpc) is 3.25. The van der Waals surface area contributed by atoms with Crippen LogP contribution in [0.1, 0.15) is 5.56 Å². The van der Waals surface area contributed by atoms with Crippen molar-refractivity contribution in [3.63, 3.8) is 0 Å². The topological polar surface area (TPSA) is 57.4 Å². The van der Waals surface area contributed by atoms with Crippen LogP contribution < -0.4 is 9.47 Å². The van der Waals surface area contributed by atoms with Crippen molar-refractivity contribution in [1.82, 2.24) is 10.1 Å². The molecule has 0 aliphatic heterocycles. The second-order valence-corrected chi connectivity index (χ2v) is 6.76. The number of nitrogens with zero attached hydrogens (tertiary/aromatic N) is 2. The highest BCUT2D eigenvalue weighted by molar-refractivity contribution is 6.30. The predicted molar refractivity (Wildman–Crippen MR) is 107 cm³/mol. The molecule has 8 heteroatoms. The summed E-state index contributed by atoms with van der Waals surface area (Å²) in [5.74, 6) is 0.386. The summed E-state index contributed by atoms with van der Waals surface area (Å²) in [5.41, 5.74) is 1.48. The summed E-state index contributed by atoms with van der Waals surface area (Å²) >= 11 is 5.90. The van der Waals surface area contributed by atoms with Gasteiger partial charge in [0.15, 0.2) is 11.5 Å². The van der Waals surface area contributed by atoms with E-state index >= 15 is 0 Å². The van der Waals surface area contributed by atoms with Gasteiger partial charge in [0.05, 0.1) is 7.11 Å². The molecule has 0 amide bonds. The zero-order valence-corrected chi connectivity index (χ0v) is 16.5.